The average Bonchev–Trinajstić information content (AvgIpc) is 2.08. The summed E-state index contributed by atoms with van der Waals surface area (Å²) in [4.78, 5) is 0. The SMILES string of the molecule is Cc1ccc(CCN)c(C#N)c1. The zero-order valence-electron chi connectivity index (χ0n) is 7.17. The van der Waals surface area contributed by atoms with Gasteiger partial charge in [-0.2, -0.15) is 5.26 Å². The molecule has 0 fully saturated rings. The van der Waals surface area contributed by atoms with Crippen molar-refractivity contribution in [3.05, 3.63) is 34.9 Å². The third-order valence-corrected chi connectivity index (χ3v) is 1.80. The monoisotopic (exact) mass is 160 g/mol. The molecular weight excluding hydrogens is 148 g/mol. The third-order valence-electron chi connectivity index (χ3n) is 1.80. The van der Waals surface area contributed by atoms with Crippen LogP contribution in [0.3, 0.4) is 0 Å². The van der Waals surface area contributed by atoms with Gasteiger partial charge in [-0.1, -0.05) is 12.1 Å². The van der Waals surface area contributed by atoms with E-state index in [1.54, 1.807) is 0 Å². The molecule has 0 spiro atoms. The molecular formula is C10H12N2. The molecule has 12 heavy (non-hydrogen) atoms. The molecule has 62 valence electrons. The van der Waals surface area contributed by atoms with E-state index in [0.717, 1.165) is 23.1 Å². The van der Waals surface area contributed by atoms with Crippen LogP contribution >= 0.6 is 0 Å². The molecule has 0 radical (unpaired) electrons. The van der Waals surface area contributed by atoms with E-state index >= 15 is 0 Å². The smallest absolute Gasteiger partial charge is 0.0994 e. The van der Waals surface area contributed by atoms with Gasteiger partial charge in [-0.15, -0.1) is 0 Å². The Balaban J connectivity index is 3.05. The largest absolute Gasteiger partial charge is 0.330 e. The lowest BCUT2D eigenvalue weighted by atomic mass is 10.0. The molecule has 2 nitrogen and oxygen atoms in total. The maximum Gasteiger partial charge on any atom is 0.0994 e. The zero-order valence-corrected chi connectivity index (χ0v) is 7.17. The summed E-state index contributed by atoms with van der Waals surface area (Å²) in [5.41, 5.74) is 8.33. The van der Waals surface area contributed by atoms with Gasteiger partial charge >= 0.3 is 0 Å². The van der Waals surface area contributed by atoms with E-state index in [4.69, 9.17) is 11.0 Å². The highest BCUT2D eigenvalue weighted by atomic mass is 14.5. The first-order valence-corrected chi connectivity index (χ1v) is 3.97. The Morgan fingerprint density at radius 3 is 2.83 bits per heavy atom. The van der Waals surface area contributed by atoms with Crippen molar-refractivity contribution in [3.8, 4) is 6.07 Å². The number of nitrogens with zero attached hydrogens (tertiary/aromatic N) is 1. The minimum absolute atomic E-state index is 0.595. The van der Waals surface area contributed by atoms with Crippen LogP contribution < -0.4 is 5.73 Å². The van der Waals surface area contributed by atoms with Crippen LogP contribution in [0.1, 0.15) is 16.7 Å². The molecule has 0 saturated carbocycles. The Morgan fingerprint density at radius 2 is 2.25 bits per heavy atom. The van der Waals surface area contributed by atoms with E-state index in [1.807, 2.05) is 25.1 Å². The Morgan fingerprint density at radius 1 is 1.50 bits per heavy atom. The molecule has 2 heteroatoms. The lowest BCUT2D eigenvalue weighted by Crippen LogP contribution is -2.04. The van der Waals surface area contributed by atoms with Crippen molar-refractivity contribution in [1.29, 1.82) is 5.26 Å². The second-order valence-electron chi connectivity index (χ2n) is 2.81. The first-order valence-electron chi connectivity index (χ1n) is 3.97. The molecule has 0 unspecified atom stereocenters. The van der Waals surface area contributed by atoms with Crippen LogP contribution in [0.2, 0.25) is 0 Å². The fourth-order valence-electron chi connectivity index (χ4n) is 1.17. The first-order chi connectivity index (χ1) is 5.77. The minimum atomic E-state index is 0.595. The molecule has 0 amide bonds. The third kappa shape index (κ3) is 1.84. The van der Waals surface area contributed by atoms with Gasteiger partial charge in [0.2, 0.25) is 0 Å². The Hall–Kier alpha value is -1.33. The average molecular weight is 160 g/mol. The van der Waals surface area contributed by atoms with Gasteiger partial charge in [-0.05, 0) is 37.1 Å². The van der Waals surface area contributed by atoms with Crippen LogP contribution in [-0.2, 0) is 6.42 Å². The molecule has 0 aliphatic heterocycles. The van der Waals surface area contributed by atoms with Gasteiger partial charge in [0.15, 0.2) is 0 Å². The summed E-state index contributed by atoms with van der Waals surface area (Å²) in [7, 11) is 0. The normalized spacial score (nSPS) is 9.42. The van der Waals surface area contributed by atoms with Crippen molar-refractivity contribution in [3.63, 3.8) is 0 Å². The summed E-state index contributed by atoms with van der Waals surface area (Å²) in [6.45, 7) is 2.57. The predicted octanol–water partition coefficient (Wildman–Crippen LogP) is 1.37. The van der Waals surface area contributed by atoms with Crippen molar-refractivity contribution in [1.82, 2.24) is 0 Å². The highest BCUT2D eigenvalue weighted by molar-refractivity contribution is 5.40. The standard InChI is InChI=1S/C10H12N2/c1-8-2-3-9(4-5-11)10(6-8)7-12/h2-3,6H,4-5,11H2,1H3. The van der Waals surface area contributed by atoms with Crippen LogP contribution in [-0.4, -0.2) is 6.54 Å². The van der Waals surface area contributed by atoms with Crippen molar-refractivity contribution in [2.75, 3.05) is 6.54 Å². The maximum atomic E-state index is 8.78. The second kappa shape index (κ2) is 3.89. The fraction of sp³-hybridized carbons (Fsp3) is 0.300. The van der Waals surface area contributed by atoms with Crippen molar-refractivity contribution in [2.45, 2.75) is 13.3 Å². The van der Waals surface area contributed by atoms with Gasteiger partial charge in [0.05, 0.1) is 11.6 Å². The van der Waals surface area contributed by atoms with Crippen LogP contribution in [0.15, 0.2) is 18.2 Å². The van der Waals surface area contributed by atoms with Crippen molar-refractivity contribution < 1.29 is 0 Å². The molecule has 0 heterocycles. The topological polar surface area (TPSA) is 49.8 Å². The van der Waals surface area contributed by atoms with E-state index in [-0.39, 0.29) is 0 Å². The molecule has 0 bridgehead atoms. The van der Waals surface area contributed by atoms with Gasteiger partial charge in [0.25, 0.3) is 0 Å². The highest BCUT2D eigenvalue weighted by Gasteiger charge is 1.99. The van der Waals surface area contributed by atoms with Crippen molar-refractivity contribution >= 4 is 0 Å². The minimum Gasteiger partial charge on any atom is -0.330 e. The number of hydrogen-bond donors (Lipinski definition) is 1. The summed E-state index contributed by atoms with van der Waals surface area (Å²) in [5.74, 6) is 0. The van der Waals surface area contributed by atoms with Gasteiger partial charge in [0, 0.05) is 0 Å². The molecule has 2 N–H and O–H groups in total. The van der Waals surface area contributed by atoms with E-state index in [0.29, 0.717) is 6.54 Å². The van der Waals surface area contributed by atoms with Crippen molar-refractivity contribution in [2.24, 2.45) is 5.73 Å². The van der Waals surface area contributed by atoms with E-state index in [1.165, 1.54) is 0 Å². The zero-order chi connectivity index (χ0) is 8.97. The summed E-state index contributed by atoms with van der Waals surface area (Å²) in [6.07, 6.45) is 0.781. The van der Waals surface area contributed by atoms with Gasteiger partial charge < -0.3 is 5.73 Å². The number of aryl methyl sites for hydroxylation is 1. The second-order valence-corrected chi connectivity index (χ2v) is 2.81. The van der Waals surface area contributed by atoms with Crippen LogP contribution in [0.25, 0.3) is 0 Å². The Kier molecular flexibility index (Phi) is 2.84. The van der Waals surface area contributed by atoms with E-state index < -0.39 is 0 Å². The van der Waals surface area contributed by atoms with Crippen LogP contribution in [0.4, 0.5) is 0 Å². The number of nitriles is 1. The van der Waals surface area contributed by atoms with Gasteiger partial charge in [0.1, 0.15) is 0 Å². The summed E-state index contributed by atoms with van der Waals surface area (Å²) >= 11 is 0. The Labute approximate surface area is 72.6 Å². The molecule has 1 aromatic carbocycles. The molecule has 0 atom stereocenters. The van der Waals surface area contributed by atoms with Gasteiger partial charge in [-0.3, -0.25) is 0 Å². The molecule has 1 rings (SSSR count). The van der Waals surface area contributed by atoms with E-state index in [2.05, 4.69) is 6.07 Å². The van der Waals surface area contributed by atoms with E-state index in [9.17, 15) is 0 Å². The number of rotatable bonds is 2. The highest BCUT2D eigenvalue weighted by Crippen LogP contribution is 2.10. The summed E-state index contributed by atoms with van der Waals surface area (Å²) in [5, 5.41) is 8.78. The molecule has 0 saturated heterocycles. The van der Waals surface area contributed by atoms with Crippen LogP contribution in [0, 0.1) is 18.3 Å². The number of hydrogen-bond acceptors (Lipinski definition) is 2. The predicted molar refractivity (Wildman–Crippen MR) is 48.7 cm³/mol. The molecule has 0 aliphatic carbocycles. The summed E-state index contributed by atoms with van der Waals surface area (Å²) < 4.78 is 0. The van der Waals surface area contributed by atoms with Gasteiger partial charge in [-0.25, -0.2) is 0 Å². The first kappa shape index (κ1) is 8.76. The summed E-state index contributed by atoms with van der Waals surface area (Å²) in [6, 6.07) is 8.04. The molecule has 0 aromatic heterocycles. The molecule has 1 aromatic rings. The molecule has 0 aliphatic rings. The van der Waals surface area contributed by atoms with Crippen LogP contribution in [0.5, 0.6) is 0 Å². The maximum absolute atomic E-state index is 8.78. The Bertz CT molecular complexity index is 310. The fourth-order valence-corrected chi connectivity index (χ4v) is 1.17. The number of benzene rings is 1. The number of nitrogens with two attached hydrogens (primary N) is 1. The quantitative estimate of drug-likeness (QED) is 0.710. The lowest BCUT2D eigenvalue weighted by Gasteiger charge is -2.02. The lowest BCUT2D eigenvalue weighted by molar-refractivity contribution is 0.963.